The summed E-state index contributed by atoms with van der Waals surface area (Å²) in [6.45, 7) is -2.16. The van der Waals surface area contributed by atoms with Crippen molar-refractivity contribution < 1.29 is 32.2 Å². The van der Waals surface area contributed by atoms with Crippen LogP contribution >= 0.6 is 0 Å². The number of aryl methyl sites for hydroxylation is 1. The monoisotopic (exact) mass is 408 g/mol. The number of rotatable bonds is 6. The van der Waals surface area contributed by atoms with Crippen molar-refractivity contribution in [1.29, 1.82) is 0 Å². The number of hydrogen-bond donors (Lipinski definition) is 1. The molecule has 0 radical (unpaired) electrons. The molecule has 1 amide bonds. The van der Waals surface area contributed by atoms with Gasteiger partial charge < -0.3 is 14.8 Å². The van der Waals surface area contributed by atoms with Crippen LogP contribution in [0.5, 0.6) is 5.88 Å². The Bertz CT molecular complexity index is 886. The predicted octanol–water partition coefficient (Wildman–Crippen LogP) is 3.37. The number of esters is 1. The fraction of sp³-hybridized carbons (Fsp3) is 0.350. The zero-order valence-electron chi connectivity index (χ0n) is 15.4. The van der Waals surface area contributed by atoms with Gasteiger partial charge in [-0.1, -0.05) is 24.3 Å². The summed E-state index contributed by atoms with van der Waals surface area (Å²) < 4.78 is 46.5. The van der Waals surface area contributed by atoms with Gasteiger partial charge in [0.05, 0.1) is 6.04 Å². The molecule has 3 rings (SSSR count). The van der Waals surface area contributed by atoms with E-state index in [1.807, 2.05) is 24.3 Å². The summed E-state index contributed by atoms with van der Waals surface area (Å²) in [5.74, 6) is -1.99. The largest absolute Gasteiger partial charge is 0.467 e. The Morgan fingerprint density at radius 2 is 1.97 bits per heavy atom. The van der Waals surface area contributed by atoms with Crippen LogP contribution in [0.1, 0.15) is 40.4 Å². The van der Waals surface area contributed by atoms with Crippen molar-refractivity contribution in [3.05, 3.63) is 59.3 Å². The van der Waals surface area contributed by atoms with Crippen molar-refractivity contribution in [3.8, 4) is 5.88 Å². The van der Waals surface area contributed by atoms with Crippen LogP contribution in [-0.2, 0) is 16.0 Å². The maximum absolute atomic E-state index is 12.3. The Kier molecular flexibility index (Phi) is 6.36. The van der Waals surface area contributed by atoms with Crippen molar-refractivity contribution in [1.82, 2.24) is 10.3 Å². The molecule has 1 aliphatic carbocycles. The summed E-state index contributed by atoms with van der Waals surface area (Å²) >= 11 is 0. The molecular weight excluding hydrogens is 389 g/mol. The van der Waals surface area contributed by atoms with Crippen LogP contribution in [0.2, 0.25) is 0 Å². The molecule has 1 aromatic heterocycles. The second-order valence-corrected chi connectivity index (χ2v) is 6.55. The number of carbonyl (C=O) groups is 2. The highest BCUT2D eigenvalue weighted by molar-refractivity contribution is 5.93. The van der Waals surface area contributed by atoms with Gasteiger partial charge in [0, 0.05) is 6.20 Å². The summed E-state index contributed by atoms with van der Waals surface area (Å²) in [5.41, 5.74) is 1.92. The van der Waals surface area contributed by atoms with E-state index in [2.05, 4.69) is 15.0 Å². The summed E-state index contributed by atoms with van der Waals surface area (Å²) in [7, 11) is 0. The molecule has 6 nitrogen and oxygen atoms in total. The van der Waals surface area contributed by atoms with E-state index in [-0.39, 0.29) is 11.6 Å². The third kappa shape index (κ3) is 5.69. The number of nitrogens with zero attached hydrogens (tertiary/aromatic N) is 1. The number of ether oxygens (including phenoxy) is 2. The van der Waals surface area contributed by atoms with Gasteiger partial charge in [-0.05, 0) is 42.5 Å². The molecule has 0 saturated carbocycles. The first-order valence-corrected chi connectivity index (χ1v) is 9.02. The molecule has 2 aromatic rings. The molecule has 1 N–H and O–H groups in total. The zero-order valence-corrected chi connectivity index (χ0v) is 15.4. The Balaban J connectivity index is 1.57. The fourth-order valence-electron chi connectivity index (χ4n) is 3.16. The van der Waals surface area contributed by atoms with Crippen LogP contribution < -0.4 is 10.1 Å². The van der Waals surface area contributed by atoms with Gasteiger partial charge >= 0.3 is 12.1 Å². The van der Waals surface area contributed by atoms with Crippen LogP contribution in [0, 0.1) is 0 Å². The third-order valence-electron chi connectivity index (χ3n) is 4.40. The van der Waals surface area contributed by atoms with Gasteiger partial charge in [-0.2, -0.15) is 13.2 Å². The number of fused-ring (bicyclic) bond motifs is 1. The average molecular weight is 408 g/mol. The Labute approximate surface area is 165 Å². The summed E-state index contributed by atoms with van der Waals surface area (Å²) in [5, 5.41) is 2.83. The Morgan fingerprint density at radius 1 is 1.17 bits per heavy atom. The van der Waals surface area contributed by atoms with Crippen molar-refractivity contribution in [2.45, 2.75) is 31.5 Å². The lowest BCUT2D eigenvalue weighted by Gasteiger charge is -2.26. The van der Waals surface area contributed by atoms with E-state index < -0.39 is 37.1 Å². The van der Waals surface area contributed by atoms with E-state index in [0.29, 0.717) is 0 Å². The maximum Gasteiger partial charge on any atom is 0.422 e. The van der Waals surface area contributed by atoms with Gasteiger partial charge in [-0.15, -0.1) is 0 Å². The number of carbonyl (C=O) groups excluding carboxylic acids is 2. The van der Waals surface area contributed by atoms with E-state index in [1.165, 1.54) is 23.9 Å². The van der Waals surface area contributed by atoms with E-state index in [1.54, 1.807) is 0 Å². The topological polar surface area (TPSA) is 77.5 Å². The van der Waals surface area contributed by atoms with E-state index >= 15 is 0 Å². The number of halogens is 3. The van der Waals surface area contributed by atoms with Crippen LogP contribution in [0.4, 0.5) is 13.2 Å². The van der Waals surface area contributed by atoms with Gasteiger partial charge in [-0.25, -0.2) is 9.78 Å². The first kappa shape index (κ1) is 20.6. The minimum atomic E-state index is -4.57. The summed E-state index contributed by atoms with van der Waals surface area (Å²) in [6.07, 6.45) is -0.740. The normalized spacial score (nSPS) is 15.9. The number of alkyl halides is 3. The van der Waals surface area contributed by atoms with Crippen LogP contribution in [0.15, 0.2) is 42.6 Å². The molecule has 1 heterocycles. The second kappa shape index (κ2) is 8.93. The molecule has 1 aliphatic rings. The Hall–Kier alpha value is -3.10. The molecular formula is C20H19F3N2O4. The molecule has 9 heteroatoms. The second-order valence-electron chi connectivity index (χ2n) is 6.55. The van der Waals surface area contributed by atoms with Crippen LogP contribution in [0.25, 0.3) is 0 Å². The first-order chi connectivity index (χ1) is 13.8. The van der Waals surface area contributed by atoms with Gasteiger partial charge in [0.1, 0.15) is 5.56 Å². The van der Waals surface area contributed by atoms with E-state index in [9.17, 15) is 22.8 Å². The first-order valence-electron chi connectivity index (χ1n) is 9.02. The highest BCUT2D eigenvalue weighted by atomic mass is 19.4. The minimum Gasteiger partial charge on any atom is -0.467 e. The number of benzene rings is 1. The van der Waals surface area contributed by atoms with Crippen molar-refractivity contribution in [3.63, 3.8) is 0 Å². The third-order valence-corrected chi connectivity index (χ3v) is 4.40. The van der Waals surface area contributed by atoms with E-state index in [0.717, 1.165) is 24.8 Å². The molecule has 0 aliphatic heterocycles. The standard InChI is InChI=1S/C20H19F3N2O4/c21-20(22,23)12-29-18-15(8-4-10-24-18)19(27)28-11-17(26)25-16-9-3-6-13-5-1-2-7-14(13)16/h1-2,4-5,7-8,10,16H,3,6,9,11-12H2,(H,25,26). The quantitative estimate of drug-likeness (QED) is 0.742. The fourth-order valence-corrected chi connectivity index (χ4v) is 3.16. The van der Waals surface area contributed by atoms with Crippen LogP contribution in [0.3, 0.4) is 0 Å². The number of aromatic nitrogens is 1. The molecule has 1 aromatic carbocycles. The van der Waals surface area contributed by atoms with Crippen LogP contribution in [-0.4, -0.2) is 36.3 Å². The van der Waals surface area contributed by atoms with Gasteiger partial charge in [0.15, 0.2) is 13.2 Å². The summed E-state index contributed by atoms with van der Waals surface area (Å²) in [4.78, 5) is 28.0. The molecule has 0 spiro atoms. The zero-order chi connectivity index (χ0) is 20.9. The van der Waals surface area contributed by atoms with Crippen molar-refractivity contribution >= 4 is 11.9 Å². The highest BCUT2D eigenvalue weighted by Crippen LogP contribution is 2.29. The van der Waals surface area contributed by atoms with Gasteiger partial charge in [-0.3, -0.25) is 4.79 Å². The maximum atomic E-state index is 12.3. The lowest BCUT2D eigenvalue weighted by atomic mass is 9.88. The Morgan fingerprint density at radius 3 is 2.76 bits per heavy atom. The molecule has 0 saturated heterocycles. The lowest BCUT2D eigenvalue weighted by Crippen LogP contribution is -2.34. The lowest BCUT2D eigenvalue weighted by molar-refractivity contribution is -0.154. The SMILES string of the molecule is O=C(COC(=O)c1cccnc1OCC(F)(F)F)NC1CCCc2ccccc21. The van der Waals surface area contributed by atoms with Gasteiger partial charge in [0.25, 0.3) is 5.91 Å². The summed E-state index contributed by atoms with van der Waals surface area (Å²) in [6, 6.07) is 10.2. The molecule has 1 atom stereocenters. The molecule has 0 bridgehead atoms. The van der Waals surface area contributed by atoms with E-state index in [4.69, 9.17) is 4.74 Å². The number of nitrogens with one attached hydrogen (secondary N) is 1. The predicted molar refractivity (Wildman–Crippen MR) is 96.3 cm³/mol. The molecule has 154 valence electrons. The highest BCUT2D eigenvalue weighted by Gasteiger charge is 2.30. The number of hydrogen-bond acceptors (Lipinski definition) is 5. The molecule has 29 heavy (non-hydrogen) atoms. The number of pyridine rings is 1. The molecule has 0 fully saturated rings. The van der Waals surface area contributed by atoms with Crippen molar-refractivity contribution in [2.75, 3.05) is 13.2 Å². The number of amides is 1. The van der Waals surface area contributed by atoms with Gasteiger partial charge in [0.2, 0.25) is 5.88 Å². The smallest absolute Gasteiger partial charge is 0.422 e. The minimum absolute atomic E-state index is 0.171. The van der Waals surface area contributed by atoms with Crippen molar-refractivity contribution in [2.24, 2.45) is 0 Å². The molecule has 1 unspecified atom stereocenters. The average Bonchev–Trinajstić information content (AvgIpc) is 2.70.